The Morgan fingerprint density at radius 1 is 0.971 bits per heavy atom. The van der Waals surface area contributed by atoms with Crippen LogP contribution in [0.15, 0.2) is 42.6 Å². The maximum Gasteiger partial charge on any atom is 0.332 e. The normalized spacial score (nSPS) is 18.7. The van der Waals surface area contributed by atoms with Gasteiger partial charge in [0.2, 0.25) is 0 Å². The topological polar surface area (TPSA) is 56.8 Å². The van der Waals surface area contributed by atoms with Gasteiger partial charge in [0.1, 0.15) is 5.54 Å². The summed E-state index contributed by atoms with van der Waals surface area (Å²) in [7, 11) is 0. The number of carbonyl (C=O) groups is 2. The Kier molecular flexibility index (Phi) is 7.32. The Morgan fingerprint density at radius 2 is 1.66 bits per heavy atom. The molecule has 1 aromatic heterocycles. The third kappa shape index (κ3) is 5.58. The number of carbonyl (C=O) groups excluding carboxylic acids is 2. The molecule has 2 saturated heterocycles. The predicted molar refractivity (Wildman–Crippen MR) is 140 cm³/mol. The molecule has 1 aromatic carbocycles. The SMILES string of the molecule is CC(C)(C)c1ccc(N2C(=O)N(Cc3ccnc(CCCCN4CCCC4)c3)C(C)(C)C2=O)cc1. The number of anilines is 1. The highest BCUT2D eigenvalue weighted by atomic mass is 16.2. The van der Waals surface area contributed by atoms with Crippen LogP contribution in [0.25, 0.3) is 0 Å². The molecule has 6 heteroatoms. The van der Waals surface area contributed by atoms with Gasteiger partial charge < -0.3 is 9.80 Å². The van der Waals surface area contributed by atoms with E-state index in [2.05, 4.69) is 36.7 Å². The molecular weight excluding hydrogens is 436 g/mol. The summed E-state index contributed by atoms with van der Waals surface area (Å²) in [6, 6.07) is 11.5. The summed E-state index contributed by atoms with van der Waals surface area (Å²) < 4.78 is 0. The Morgan fingerprint density at radius 3 is 2.31 bits per heavy atom. The van der Waals surface area contributed by atoms with E-state index < -0.39 is 5.54 Å². The van der Waals surface area contributed by atoms with Crippen molar-refractivity contribution in [3.8, 4) is 0 Å². The average molecular weight is 477 g/mol. The molecule has 0 unspecified atom stereocenters. The smallest absolute Gasteiger partial charge is 0.305 e. The highest BCUT2D eigenvalue weighted by Gasteiger charge is 2.51. The molecule has 3 amide bonds. The molecule has 2 fully saturated rings. The lowest BCUT2D eigenvalue weighted by Crippen LogP contribution is -2.43. The molecule has 0 spiro atoms. The van der Waals surface area contributed by atoms with Gasteiger partial charge in [0.25, 0.3) is 5.91 Å². The maximum absolute atomic E-state index is 13.5. The Bertz CT molecular complexity index is 1050. The lowest BCUT2D eigenvalue weighted by atomic mass is 9.87. The monoisotopic (exact) mass is 476 g/mol. The number of urea groups is 1. The molecule has 2 aromatic rings. The zero-order chi connectivity index (χ0) is 25.2. The number of aryl methyl sites for hydroxylation is 1. The second-order valence-corrected chi connectivity index (χ2v) is 11.5. The van der Waals surface area contributed by atoms with Crippen molar-refractivity contribution in [3.05, 3.63) is 59.4 Å². The van der Waals surface area contributed by atoms with Crippen LogP contribution >= 0.6 is 0 Å². The van der Waals surface area contributed by atoms with Gasteiger partial charge in [0.15, 0.2) is 0 Å². The van der Waals surface area contributed by atoms with Crippen molar-refractivity contribution < 1.29 is 9.59 Å². The summed E-state index contributed by atoms with van der Waals surface area (Å²) in [5.41, 5.74) is 2.94. The number of nitrogens with zero attached hydrogens (tertiary/aromatic N) is 4. The van der Waals surface area contributed by atoms with Gasteiger partial charge >= 0.3 is 6.03 Å². The van der Waals surface area contributed by atoms with E-state index >= 15 is 0 Å². The Hall–Kier alpha value is -2.73. The third-order valence-electron chi connectivity index (χ3n) is 7.39. The van der Waals surface area contributed by atoms with E-state index in [9.17, 15) is 9.59 Å². The quantitative estimate of drug-likeness (QED) is 0.371. The summed E-state index contributed by atoms with van der Waals surface area (Å²) in [6.45, 7) is 14.1. The highest BCUT2D eigenvalue weighted by molar-refractivity contribution is 6.22. The Labute approximate surface area is 210 Å². The van der Waals surface area contributed by atoms with Crippen LogP contribution in [0.4, 0.5) is 10.5 Å². The standard InChI is InChI=1S/C29H40N4O2/c1-28(2,3)23-11-13-25(14-12-23)33-26(34)29(4,5)32(27(33)35)21-22-15-16-30-24(20-22)10-6-7-17-31-18-8-9-19-31/h11-16,20H,6-10,17-19,21H2,1-5H3. The van der Waals surface area contributed by atoms with Crippen molar-refractivity contribution in [1.29, 1.82) is 0 Å². The first-order valence-electron chi connectivity index (χ1n) is 13.0. The van der Waals surface area contributed by atoms with E-state index in [4.69, 9.17) is 0 Å². The summed E-state index contributed by atoms with van der Waals surface area (Å²) in [5, 5.41) is 0. The van der Waals surface area contributed by atoms with Crippen molar-refractivity contribution in [2.24, 2.45) is 0 Å². The zero-order valence-electron chi connectivity index (χ0n) is 22.0. The number of rotatable bonds is 8. The van der Waals surface area contributed by atoms with Crippen molar-refractivity contribution in [3.63, 3.8) is 0 Å². The second-order valence-electron chi connectivity index (χ2n) is 11.5. The minimum atomic E-state index is -0.918. The number of imide groups is 1. The van der Waals surface area contributed by atoms with Crippen LogP contribution in [-0.4, -0.2) is 51.9 Å². The predicted octanol–water partition coefficient (Wildman–Crippen LogP) is 5.55. The highest BCUT2D eigenvalue weighted by Crippen LogP contribution is 2.34. The number of hydrogen-bond acceptors (Lipinski definition) is 4. The molecule has 0 atom stereocenters. The number of unbranched alkanes of at least 4 members (excludes halogenated alkanes) is 1. The van der Waals surface area contributed by atoms with Gasteiger partial charge in [-0.15, -0.1) is 0 Å². The molecule has 2 aliphatic heterocycles. The number of hydrogen-bond donors (Lipinski definition) is 0. The fraction of sp³-hybridized carbons (Fsp3) is 0.552. The molecule has 0 saturated carbocycles. The number of pyridine rings is 1. The van der Waals surface area contributed by atoms with Crippen molar-refractivity contribution in [1.82, 2.24) is 14.8 Å². The zero-order valence-corrected chi connectivity index (χ0v) is 22.0. The van der Waals surface area contributed by atoms with Crippen LogP contribution in [0, 0.1) is 0 Å². The van der Waals surface area contributed by atoms with Crippen LogP contribution in [0.1, 0.15) is 77.1 Å². The summed E-state index contributed by atoms with van der Waals surface area (Å²) >= 11 is 0. The summed E-state index contributed by atoms with van der Waals surface area (Å²) in [5.74, 6) is -0.192. The third-order valence-corrected chi connectivity index (χ3v) is 7.39. The van der Waals surface area contributed by atoms with Crippen LogP contribution in [0.2, 0.25) is 0 Å². The van der Waals surface area contributed by atoms with E-state index in [1.807, 2.05) is 50.4 Å². The molecule has 6 nitrogen and oxygen atoms in total. The largest absolute Gasteiger partial charge is 0.332 e. The molecule has 2 aliphatic rings. The maximum atomic E-state index is 13.5. The first-order valence-corrected chi connectivity index (χ1v) is 13.0. The molecule has 3 heterocycles. The van der Waals surface area contributed by atoms with Gasteiger partial charge in [-0.05, 0) is 106 Å². The number of amides is 3. The van der Waals surface area contributed by atoms with Gasteiger partial charge in [-0.1, -0.05) is 32.9 Å². The summed E-state index contributed by atoms with van der Waals surface area (Å²) in [6.07, 6.45) is 7.71. The fourth-order valence-electron chi connectivity index (χ4n) is 5.03. The van der Waals surface area contributed by atoms with E-state index in [0.717, 1.165) is 24.1 Å². The van der Waals surface area contributed by atoms with Crippen LogP contribution in [0.3, 0.4) is 0 Å². The van der Waals surface area contributed by atoms with E-state index in [1.165, 1.54) is 49.4 Å². The minimum Gasteiger partial charge on any atom is -0.305 e. The van der Waals surface area contributed by atoms with Crippen LogP contribution < -0.4 is 4.90 Å². The van der Waals surface area contributed by atoms with Crippen molar-refractivity contribution in [2.45, 2.75) is 84.2 Å². The molecule has 0 N–H and O–H groups in total. The Balaban J connectivity index is 1.42. The van der Waals surface area contributed by atoms with Gasteiger partial charge in [0.05, 0.1) is 5.69 Å². The molecule has 188 valence electrons. The van der Waals surface area contributed by atoms with Crippen LogP contribution in [-0.2, 0) is 23.2 Å². The molecule has 0 bridgehead atoms. The van der Waals surface area contributed by atoms with E-state index in [0.29, 0.717) is 12.2 Å². The number of likely N-dealkylation sites (tertiary alicyclic amines) is 1. The van der Waals surface area contributed by atoms with Gasteiger partial charge in [-0.2, -0.15) is 0 Å². The lowest BCUT2D eigenvalue weighted by Gasteiger charge is -2.27. The first-order chi connectivity index (χ1) is 16.6. The number of benzene rings is 1. The molecule has 35 heavy (non-hydrogen) atoms. The molecule has 0 aliphatic carbocycles. The van der Waals surface area contributed by atoms with E-state index in [1.54, 1.807) is 4.90 Å². The van der Waals surface area contributed by atoms with E-state index in [-0.39, 0.29) is 17.4 Å². The van der Waals surface area contributed by atoms with Gasteiger partial charge in [-0.3, -0.25) is 9.78 Å². The van der Waals surface area contributed by atoms with Crippen LogP contribution in [0.5, 0.6) is 0 Å². The second kappa shape index (κ2) is 10.1. The van der Waals surface area contributed by atoms with Crippen molar-refractivity contribution >= 4 is 17.6 Å². The lowest BCUT2D eigenvalue weighted by molar-refractivity contribution is -0.123. The first kappa shape index (κ1) is 25.4. The van der Waals surface area contributed by atoms with Crippen molar-refractivity contribution in [2.75, 3.05) is 24.5 Å². The summed E-state index contributed by atoms with van der Waals surface area (Å²) in [4.78, 5) is 36.9. The molecular formula is C29H40N4O2. The van der Waals surface area contributed by atoms with Gasteiger partial charge in [-0.25, -0.2) is 9.69 Å². The van der Waals surface area contributed by atoms with Gasteiger partial charge in [0, 0.05) is 18.4 Å². The fourth-order valence-corrected chi connectivity index (χ4v) is 5.03. The minimum absolute atomic E-state index is 0.0100. The molecule has 4 rings (SSSR count). The average Bonchev–Trinajstić information content (AvgIpc) is 3.38. The molecule has 0 radical (unpaired) electrons. The number of aromatic nitrogens is 1.